The Balaban J connectivity index is 2.89. The van der Waals surface area contributed by atoms with Gasteiger partial charge in [-0.2, -0.15) is 13.2 Å². The number of carbonyl (C=O) groups is 1. The highest BCUT2D eigenvalue weighted by Gasteiger charge is 2.31. The number of alkyl halides is 3. The molecule has 0 bridgehead atoms. The first kappa shape index (κ1) is 16.3. The smallest absolute Gasteiger partial charge is 0.370 e. The summed E-state index contributed by atoms with van der Waals surface area (Å²) in [5.74, 6) is -0.178. The van der Waals surface area contributed by atoms with Crippen molar-refractivity contribution in [2.75, 3.05) is 25.5 Å². The van der Waals surface area contributed by atoms with E-state index in [0.29, 0.717) is 23.0 Å². The Hall–Kier alpha value is -1.79. The highest BCUT2D eigenvalue weighted by Crippen LogP contribution is 2.18. The van der Waals surface area contributed by atoms with Gasteiger partial charge in [-0.3, -0.25) is 4.79 Å². The molecule has 0 spiro atoms. The summed E-state index contributed by atoms with van der Waals surface area (Å²) in [7, 11) is 1.13. The maximum absolute atomic E-state index is 12.3. The fraction of sp³-hybridized carbons (Fsp3) is 0.538. The molecular formula is C13H18F3N3O. The number of nitrogens with zero attached hydrogens (tertiary/aromatic N) is 2. The molecule has 0 atom stereocenters. The minimum absolute atomic E-state index is 0.197. The number of aromatic nitrogens is 1. The standard InChI is InChI=1S/C13H18F3N3O/c1-4-5-17-11-7-10(6-9(2)18-11)12(20)19(3)8-13(14,15)16/h6-7H,4-5,8H2,1-3H3,(H,17,18). The average molecular weight is 289 g/mol. The monoisotopic (exact) mass is 289 g/mol. The van der Waals surface area contributed by atoms with Gasteiger partial charge in [0.15, 0.2) is 0 Å². The quantitative estimate of drug-likeness (QED) is 0.906. The third-order valence-electron chi connectivity index (χ3n) is 2.52. The van der Waals surface area contributed by atoms with E-state index < -0.39 is 18.6 Å². The van der Waals surface area contributed by atoms with Crippen molar-refractivity contribution >= 4 is 11.7 Å². The van der Waals surface area contributed by atoms with Gasteiger partial charge in [-0.15, -0.1) is 0 Å². The zero-order valence-corrected chi connectivity index (χ0v) is 11.7. The molecule has 0 unspecified atom stereocenters. The van der Waals surface area contributed by atoms with E-state index >= 15 is 0 Å². The Morgan fingerprint density at radius 2 is 2.05 bits per heavy atom. The molecule has 0 radical (unpaired) electrons. The summed E-state index contributed by atoms with van der Waals surface area (Å²) in [4.78, 5) is 16.8. The summed E-state index contributed by atoms with van der Waals surface area (Å²) in [6, 6.07) is 2.95. The normalized spacial score (nSPS) is 11.3. The van der Waals surface area contributed by atoms with Crippen LogP contribution in [-0.4, -0.2) is 42.1 Å². The first-order valence-electron chi connectivity index (χ1n) is 6.27. The Morgan fingerprint density at radius 1 is 1.40 bits per heavy atom. The summed E-state index contributed by atoms with van der Waals surface area (Å²) in [5.41, 5.74) is 0.776. The van der Waals surface area contributed by atoms with E-state index in [-0.39, 0.29) is 5.56 Å². The van der Waals surface area contributed by atoms with Crippen LogP contribution in [0.5, 0.6) is 0 Å². The number of aryl methyl sites for hydroxylation is 1. The number of anilines is 1. The third kappa shape index (κ3) is 5.07. The van der Waals surface area contributed by atoms with Gasteiger partial charge in [-0.25, -0.2) is 4.98 Å². The lowest BCUT2D eigenvalue weighted by Gasteiger charge is -2.19. The van der Waals surface area contributed by atoms with Crippen LogP contribution in [0, 0.1) is 6.92 Å². The molecule has 0 saturated carbocycles. The number of halogens is 3. The second-order valence-electron chi connectivity index (χ2n) is 4.59. The van der Waals surface area contributed by atoms with Gasteiger partial charge in [0, 0.05) is 24.8 Å². The van der Waals surface area contributed by atoms with Gasteiger partial charge in [0.25, 0.3) is 5.91 Å². The van der Waals surface area contributed by atoms with Crippen LogP contribution in [0.25, 0.3) is 0 Å². The molecule has 0 fully saturated rings. The Morgan fingerprint density at radius 3 is 2.60 bits per heavy atom. The van der Waals surface area contributed by atoms with Crippen LogP contribution < -0.4 is 5.32 Å². The molecule has 1 rings (SSSR count). The lowest BCUT2D eigenvalue weighted by Crippen LogP contribution is -2.35. The lowest BCUT2D eigenvalue weighted by atomic mass is 10.2. The molecule has 20 heavy (non-hydrogen) atoms. The van der Waals surface area contributed by atoms with Gasteiger partial charge < -0.3 is 10.2 Å². The van der Waals surface area contributed by atoms with Gasteiger partial charge >= 0.3 is 6.18 Å². The molecule has 0 saturated heterocycles. The van der Waals surface area contributed by atoms with Crippen LogP contribution in [0.2, 0.25) is 0 Å². The number of hydrogen-bond acceptors (Lipinski definition) is 3. The largest absolute Gasteiger partial charge is 0.406 e. The molecule has 0 aliphatic heterocycles. The minimum Gasteiger partial charge on any atom is -0.370 e. The van der Waals surface area contributed by atoms with Gasteiger partial charge in [0.05, 0.1) is 0 Å². The zero-order valence-electron chi connectivity index (χ0n) is 11.7. The molecule has 1 heterocycles. The van der Waals surface area contributed by atoms with Crippen LogP contribution in [-0.2, 0) is 0 Å². The molecule has 112 valence electrons. The predicted molar refractivity (Wildman–Crippen MR) is 70.8 cm³/mol. The van der Waals surface area contributed by atoms with E-state index in [1.54, 1.807) is 6.92 Å². The van der Waals surface area contributed by atoms with Crippen molar-refractivity contribution in [2.45, 2.75) is 26.4 Å². The van der Waals surface area contributed by atoms with Gasteiger partial charge in [-0.05, 0) is 25.5 Å². The summed E-state index contributed by atoms with van der Waals surface area (Å²) in [6.07, 6.45) is -3.53. The lowest BCUT2D eigenvalue weighted by molar-refractivity contribution is -0.138. The maximum Gasteiger partial charge on any atom is 0.406 e. The molecular weight excluding hydrogens is 271 g/mol. The van der Waals surface area contributed by atoms with Crippen molar-refractivity contribution in [1.29, 1.82) is 0 Å². The first-order chi connectivity index (χ1) is 9.23. The maximum atomic E-state index is 12.3. The van der Waals surface area contributed by atoms with E-state index in [9.17, 15) is 18.0 Å². The Bertz CT molecular complexity index is 474. The molecule has 0 aromatic carbocycles. The second-order valence-corrected chi connectivity index (χ2v) is 4.59. The zero-order chi connectivity index (χ0) is 15.3. The molecule has 1 amide bonds. The SMILES string of the molecule is CCCNc1cc(C(=O)N(C)CC(F)(F)F)cc(C)n1. The molecule has 1 aromatic heterocycles. The molecule has 0 aliphatic rings. The third-order valence-corrected chi connectivity index (χ3v) is 2.52. The summed E-state index contributed by atoms with van der Waals surface area (Å²) < 4.78 is 36.9. The summed E-state index contributed by atoms with van der Waals surface area (Å²) in [6.45, 7) is 3.08. The number of carbonyl (C=O) groups excluding carboxylic acids is 1. The van der Waals surface area contributed by atoms with Crippen molar-refractivity contribution < 1.29 is 18.0 Å². The van der Waals surface area contributed by atoms with Crippen LogP contribution in [0.15, 0.2) is 12.1 Å². The highest BCUT2D eigenvalue weighted by atomic mass is 19.4. The van der Waals surface area contributed by atoms with E-state index in [4.69, 9.17) is 0 Å². The molecule has 0 aliphatic carbocycles. The molecule has 1 aromatic rings. The number of nitrogens with one attached hydrogen (secondary N) is 1. The number of rotatable bonds is 5. The molecule has 4 nitrogen and oxygen atoms in total. The fourth-order valence-corrected chi connectivity index (χ4v) is 1.70. The van der Waals surface area contributed by atoms with E-state index in [2.05, 4.69) is 10.3 Å². The number of amides is 1. The summed E-state index contributed by atoms with van der Waals surface area (Å²) >= 11 is 0. The minimum atomic E-state index is -4.41. The van der Waals surface area contributed by atoms with Crippen molar-refractivity contribution in [2.24, 2.45) is 0 Å². The Labute approximate surface area is 116 Å². The predicted octanol–water partition coefficient (Wildman–Crippen LogP) is 2.85. The average Bonchev–Trinajstić information content (AvgIpc) is 2.32. The Kier molecular flexibility index (Phi) is 5.35. The van der Waals surface area contributed by atoms with Crippen molar-refractivity contribution in [3.63, 3.8) is 0 Å². The van der Waals surface area contributed by atoms with E-state index in [1.807, 2.05) is 6.92 Å². The first-order valence-corrected chi connectivity index (χ1v) is 6.27. The van der Waals surface area contributed by atoms with Crippen molar-refractivity contribution in [1.82, 2.24) is 9.88 Å². The van der Waals surface area contributed by atoms with Crippen LogP contribution in [0.4, 0.5) is 19.0 Å². The van der Waals surface area contributed by atoms with Gasteiger partial charge in [0.1, 0.15) is 12.4 Å². The molecule has 7 heteroatoms. The van der Waals surface area contributed by atoms with Gasteiger partial charge in [0.2, 0.25) is 0 Å². The van der Waals surface area contributed by atoms with E-state index in [1.165, 1.54) is 12.1 Å². The number of pyridine rings is 1. The van der Waals surface area contributed by atoms with Crippen molar-refractivity contribution in [3.8, 4) is 0 Å². The van der Waals surface area contributed by atoms with Gasteiger partial charge in [-0.1, -0.05) is 6.92 Å². The van der Waals surface area contributed by atoms with Crippen LogP contribution in [0.1, 0.15) is 29.4 Å². The topological polar surface area (TPSA) is 45.2 Å². The molecule has 1 N–H and O–H groups in total. The summed E-state index contributed by atoms with van der Waals surface area (Å²) in [5, 5.41) is 3.01. The second kappa shape index (κ2) is 6.58. The van der Waals surface area contributed by atoms with Crippen molar-refractivity contribution in [3.05, 3.63) is 23.4 Å². The fourth-order valence-electron chi connectivity index (χ4n) is 1.70. The highest BCUT2D eigenvalue weighted by molar-refractivity contribution is 5.94. The van der Waals surface area contributed by atoms with Crippen LogP contribution in [0.3, 0.4) is 0 Å². The number of hydrogen-bond donors (Lipinski definition) is 1. The van der Waals surface area contributed by atoms with E-state index in [0.717, 1.165) is 13.5 Å². The van der Waals surface area contributed by atoms with Crippen LogP contribution >= 0.6 is 0 Å².